The second-order valence-electron chi connectivity index (χ2n) is 4.34. The molecular weight excluding hydrogens is 266 g/mol. The Bertz CT molecular complexity index is 705. The fourth-order valence-corrected chi connectivity index (χ4v) is 1.89. The Morgan fingerprint density at radius 2 is 2.10 bits per heavy atom. The highest BCUT2D eigenvalue weighted by atomic mass is 16.5. The summed E-state index contributed by atoms with van der Waals surface area (Å²) in [5.41, 5.74) is 7.46. The van der Waals surface area contributed by atoms with Crippen LogP contribution in [0.15, 0.2) is 42.5 Å². The SMILES string of the molecule is CCOc1cc(N)cc(C(=O)Nc2ccccc2C#N)c1. The molecule has 0 fully saturated rings. The molecule has 0 aliphatic carbocycles. The van der Waals surface area contributed by atoms with Crippen LogP contribution in [0.4, 0.5) is 11.4 Å². The number of rotatable bonds is 4. The van der Waals surface area contributed by atoms with E-state index < -0.39 is 0 Å². The van der Waals surface area contributed by atoms with Crippen LogP contribution in [0, 0.1) is 11.3 Å². The molecule has 0 bridgehead atoms. The molecule has 2 aromatic carbocycles. The zero-order valence-corrected chi connectivity index (χ0v) is 11.6. The van der Waals surface area contributed by atoms with Gasteiger partial charge in [-0.05, 0) is 31.2 Å². The first-order chi connectivity index (χ1) is 10.1. The summed E-state index contributed by atoms with van der Waals surface area (Å²) in [6.07, 6.45) is 0. The number of amides is 1. The lowest BCUT2D eigenvalue weighted by Crippen LogP contribution is -2.13. The minimum atomic E-state index is -0.342. The first kappa shape index (κ1) is 14.4. The monoisotopic (exact) mass is 281 g/mol. The molecule has 1 amide bonds. The van der Waals surface area contributed by atoms with E-state index in [-0.39, 0.29) is 5.91 Å². The average Bonchev–Trinajstić information content (AvgIpc) is 2.47. The van der Waals surface area contributed by atoms with Gasteiger partial charge in [-0.1, -0.05) is 12.1 Å². The number of nitrogens with zero attached hydrogens (tertiary/aromatic N) is 1. The summed E-state index contributed by atoms with van der Waals surface area (Å²) in [5.74, 6) is 0.196. The first-order valence-electron chi connectivity index (χ1n) is 6.48. The molecule has 21 heavy (non-hydrogen) atoms. The normalized spacial score (nSPS) is 9.71. The van der Waals surface area contributed by atoms with Gasteiger partial charge in [-0.3, -0.25) is 4.79 Å². The highest BCUT2D eigenvalue weighted by molar-refractivity contribution is 6.05. The summed E-state index contributed by atoms with van der Waals surface area (Å²) in [6.45, 7) is 2.34. The Balaban J connectivity index is 2.26. The molecule has 106 valence electrons. The van der Waals surface area contributed by atoms with Gasteiger partial charge in [0.15, 0.2) is 0 Å². The highest BCUT2D eigenvalue weighted by Gasteiger charge is 2.11. The molecule has 0 saturated carbocycles. The quantitative estimate of drug-likeness (QED) is 0.843. The first-order valence-corrected chi connectivity index (χ1v) is 6.48. The van der Waals surface area contributed by atoms with Crippen molar-refractivity contribution in [3.63, 3.8) is 0 Å². The van der Waals surface area contributed by atoms with Gasteiger partial charge in [-0.25, -0.2) is 0 Å². The molecule has 0 aromatic heterocycles. The number of carbonyl (C=O) groups excluding carboxylic acids is 1. The molecule has 0 atom stereocenters. The predicted octanol–water partition coefficient (Wildman–Crippen LogP) is 2.79. The lowest BCUT2D eigenvalue weighted by Gasteiger charge is -2.10. The van der Waals surface area contributed by atoms with Crippen LogP contribution in [0.3, 0.4) is 0 Å². The number of nitrogen functional groups attached to an aromatic ring is 1. The molecular formula is C16H15N3O2. The maximum atomic E-state index is 12.3. The molecule has 3 N–H and O–H groups in total. The average molecular weight is 281 g/mol. The van der Waals surface area contributed by atoms with E-state index in [1.807, 2.05) is 13.0 Å². The van der Waals surface area contributed by atoms with Crippen LogP contribution in [0.5, 0.6) is 5.75 Å². The number of para-hydroxylation sites is 1. The molecule has 0 aliphatic heterocycles. The number of anilines is 2. The third-order valence-electron chi connectivity index (χ3n) is 2.80. The van der Waals surface area contributed by atoms with Gasteiger partial charge in [-0.2, -0.15) is 5.26 Å². The van der Waals surface area contributed by atoms with Gasteiger partial charge < -0.3 is 15.8 Å². The smallest absolute Gasteiger partial charge is 0.255 e. The number of nitrogens with two attached hydrogens (primary N) is 1. The Labute approximate surface area is 123 Å². The number of carbonyl (C=O) groups is 1. The summed E-state index contributed by atoms with van der Waals surface area (Å²) < 4.78 is 5.36. The van der Waals surface area contributed by atoms with E-state index in [0.717, 1.165) is 0 Å². The molecule has 0 heterocycles. The third kappa shape index (κ3) is 3.51. The fourth-order valence-electron chi connectivity index (χ4n) is 1.89. The van der Waals surface area contributed by atoms with Gasteiger partial charge in [0, 0.05) is 17.3 Å². The molecule has 5 nitrogen and oxygen atoms in total. The van der Waals surface area contributed by atoms with Gasteiger partial charge >= 0.3 is 0 Å². The van der Waals surface area contributed by atoms with Crippen LogP contribution in [0.2, 0.25) is 0 Å². The lowest BCUT2D eigenvalue weighted by molar-refractivity contribution is 0.102. The highest BCUT2D eigenvalue weighted by Crippen LogP contribution is 2.21. The Morgan fingerprint density at radius 1 is 1.33 bits per heavy atom. The molecule has 2 rings (SSSR count). The van der Waals surface area contributed by atoms with Crippen molar-refractivity contribution in [1.82, 2.24) is 0 Å². The Hall–Kier alpha value is -3.00. The van der Waals surface area contributed by atoms with Crippen LogP contribution in [0.25, 0.3) is 0 Å². The van der Waals surface area contributed by atoms with E-state index in [4.69, 9.17) is 15.7 Å². The Kier molecular flexibility index (Phi) is 4.42. The van der Waals surface area contributed by atoms with E-state index in [1.165, 1.54) is 0 Å². The maximum absolute atomic E-state index is 12.3. The molecule has 5 heteroatoms. The zero-order valence-electron chi connectivity index (χ0n) is 11.6. The van der Waals surface area contributed by atoms with Crippen LogP contribution in [0.1, 0.15) is 22.8 Å². The fraction of sp³-hybridized carbons (Fsp3) is 0.125. The van der Waals surface area contributed by atoms with E-state index >= 15 is 0 Å². The molecule has 0 aliphatic rings. The second kappa shape index (κ2) is 6.44. The standard InChI is InChI=1S/C16H15N3O2/c1-2-21-14-8-12(7-13(18)9-14)16(20)19-15-6-4-3-5-11(15)10-17/h3-9H,2,18H2,1H3,(H,19,20). The minimum absolute atomic E-state index is 0.342. The molecule has 0 radical (unpaired) electrons. The van der Waals surface area contributed by atoms with Crippen LogP contribution in [-0.2, 0) is 0 Å². The van der Waals surface area contributed by atoms with Crippen molar-refractivity contribution in [3.05, 3.63) is 53.6 Å². The van der Waals surface area contributed by atoms with Crippen molar-refractivity contribution in [2.24, 2.45) is 0 Å². The van der Waals surface area contributed by atoms with E-state index in [9.17, 15) is 4.79 Å². The van der Waals surface area contributed by atoms with Gasteiger partial charge in [0.05, 0.1) is 17.9 Å². The van der Waals surface area contributed by atoms with Crippen molar-refractivity contribution < 1.29 is 9.53 Å². The van der Waals surface area contributed by atoms with Gasteiger partial charge in [0.25, 0.3) is 5.91 Å². The second-order valence-corrected chi connectivity index (χ2v) is 4.34. The number of nitrogens with one attached hydrogen (secondary N) is 1. The van der Waals surface area contributed by atoms with Gasteiger partial charge in [0.1, 0.15) is 11.8 Å². The van der Waals surface area contributed by atoms with Crippen molar-refractivity contribution >= 4 is 17.3 Å². The number of benzene rings is 2. The third-order valence-corrected chi connectivity index (χ3v) is 2.80. The maximum Gasteiger partial charge on any atom is 0.255 e. The van der Waals surface area contributed by atoms with Crippen molar-refractivity contribution in [2.45, 2.75) is 6.92 Å². The zero-order chi connectivity index (χ0) is 15.2. The Morgan fingerprint density at radius 3 is 2.81 bits per heavy atom. The number of hydrogen-bond donors (Lipinski definition) is 2. The number of hydrogen-bond acceptors (Lipinski definition) is 4. The van der Waals surface area contributed by atoms with E-state index in [2.05, 4.69) is 5.32 Å². The summed E-state index contributed by atoms with van der Waals surface area (Å²) in [5, 5.41) is 11.7. The van der Waals surface area contributed by atoms with E-state index in [1.54, 1.807) is 42.5 Å². The van der Waals surface area contributed by atoms with Crippen molar-refractivity contribution in [1.29, 1.82) is 5.26 Å². The topological polar surface area (TPSA) is 88.1 Å². The predicted molar refractivity (Wildman–Crippen MR) is 81.1 cm³/mol. The number of nitriles is 1. The largest absolute Gasteiger partial charge is 0.494 e. The van der Waals surface area contributed by atoms with Gasteiger partial charge in [-0.15, -0.1) is 0 Å². The van der Waals surface area contributed by atoms with Crippen LogP contribution < -0.4 is 15.8 Å². The molecule has 2 aromatic rings. The summed E-state index contributed by atoms with van der Waals surface area (Å²) in [4.78, 5) is 12.3. The van der Waals surface area contributed by atoms with Crippen LogP contribution >= 0.6 is 0 Å². The number of ether oxygens (including phenoxy) is 1. The minimum Gasteiger partial charge on any atom is -0.494 e. The molecule has 0 saturated heterocycles. The summed E-state index contributed by atoms with van der Waals surface area (Å²) >= 11 is 0. The van der Waals surface area contributed by atoms with Crippen molar-refractivity contribution in [3.8, 4) is 11.8 Å². The molecule has 0 unspecified atom stereocenters. The summed E-state index contributed by atoms with van der Waals surface area (Å²) in [6, 6.07) is 13.7. The molecule has 0 spiro atoms. The van der Waals surface area contributed by atoms with Crippen LogP contribution in [-0.4, -0.2) is 12.5 Å². The lowest BCUT2D eigenvalue weighted by atomic mass is 10.1. The van der Waals surface area contributed by atoms with Crippen molar-refractivity contribution in [2.75, 3.05) is 17.7 Å². The summed E-state index contributed by atoms with van der Waals surface area (Å²) in [7, 11) is 0. The van der Waals surface area contributed by atoms with E-state index in [0.29, 0.717) is 34.9 Å². The van der Waals surface area contributed by atoms with Gasteiger partial charge in [0.2, 0.25) is 0 Å².